The van der Waals surface area contributed by atoms with E-state index in [0.29, 0.717) is 5.92 Å². The fourth-order valence-corrected chi connectivity index (χ4v) is 5.06. The highest BCUT2D eigenvalue weighted by Gasteiger charge is 2.39. The highest BCUT2D eigenvalue weighted by atomic mass is 19.4. The molecule has 0 aromatic heterocycles. The maximum atomic E-state index is 12.9. The summed E-state index contributed by atoms with van der Waals surface area (Å²) in [7, 11) is 0. The van der Waals surface area contributed by atoms with Crippen molar-refractivity contribution in [3.8, 4) is 0 Å². The molecule has 2 saturated heterocycles. The third-order valence-corrected chi connectivity index (χ3v) is 7.08. The van der Waals surface area contributed by atoms with Gasteiger partial charge in [0.25, 0.3) is 0 Å². The van der Waals surface area contributed by atoms with Crippen molar-refractivity contribution < 1.29 is 22.7 Å². The van der Waals surface area contributed by atoms with Crippen molar-refractivity contribution in [2.24, 2.45) is 0 Å². The number of piperidine rings is 1. The number of nitrogens with one attached hydrogen (secondary N) is 1. The maximum absolute atomic E-state index is 12.9. The highest BCUT2D eigenvalue weighted by molar-refractivity contribution is 5.97. The first-order chi connectivity index (χ1) is 15.9. The third kappa shape index (κ3) is 6.58. The van der Waals surface area contributed by atoms with Gasteiger partial charge in [0, 0.05) is 37.4 Å². The van der Waals surface area contributed by atoms with Crippen molar-refractivity contribution in [1.82, 2.24) is 9.80 Å². The van der Waals surface area contributed by atoms with E-state index in [0.717, 1.165) is 108 Å². The summed E-state index contributed by atoms with van der Waals surface area (Å²) in [5, 5.41) is 2.11. The molecule has 2 heterocycles. The SMILES string of the molecule is O=C(Nc1ccc(C2CCN(CCN3CCOCC3)CC2)cc1C1=CCCCC1)C(F)(F)F. The van der Waals surface area contributed by atoms with Crippen LogP contribution in [0.3, 0.4) is 0 Å². The molecule has 182 valence electrons. The molecule has 1 aromatic rings. The molecule has 0 saturated carbocycles. The third-order valence-electron chi connectivity index (χ3n) is 7.08. The number of benzene rings is 1. The molecule has 1 amide bonds. The molecule has 2 aliphatic heterocycles. The van der Waals surface area contributed by atoms with Crippen LogP contribution in [0.15, 0.2) is 24.3 Å². The minimum absolute atomic E-state index is 0.261. The zero-order chi connectivity index (χ0) is 23.3. The Bertz CT molecular complexity index is 842. The van der Waals surface area contributed by atoms with Gasteiger partial charge in [-0.2, -0.15) is 13.2 Å². The topological polar surface area (TPSA) is 44.8 Å². The van der Waals surface area contributed by atoms with Crippen molar-refractivity contribution in [1.29, 1.82) is 0 Å². The van der Waals surface area contributed by atoms with Gasteiger partial charge < -0.3 is 15.0 Å². The van der Waals surface area contributed by atoms with Gasteiger partial charge in [-0.3, -0.25) is 9.69 Å². The van der Waals surface area contributed by atoms with E-state index in [4.69, 9.17) is 4.74 Å². The van der Waals surface area contributed by atoms with Crippen molar-refractivity contribution >= 4 is 17.2 Å². The minimum Gasteiger partial charge on any atom is -0.379 e. The number of anilines is 1. The maximum Gasteiger partial charge on any atom is 0.471 e. The molecular formula is C25H34F3N3O2. The number of rotatable bonds is 6. The van der Waals surface area contributed by atoms with Gasteiger partial charge in [0.1, 0.15) is 0 Å². The summed E-state index contributed by atoms with van der Waals surface area (Å²) in [6.07, 6.45) is 3.16. The van der Waals surface area contributed by atoms with E-state index in [-0.39, 0.29) is 5.69 Å². The summed E-state index contributed by atoms with van der Waals surface area (Å²) < 4.78 is 44.0. The lowest BCUT2D eigenvalue weighted by Gasteiger charge is -2.35. The zero-order valence-electron chi connectivity index (χ0n) is 19.1. The number of ether oxygens (including phenoxy) is 1. The highest BCUT2D eigenvalue weighted by Crippen LogP contribution is 2.37. The Balaban J connectivity index is 1.41. The normalized spacial score (nSPS) is 21.6. The monoisotopic (exact) mass is 465 g/mol. The molecule has 1 N–H and O–H groups in total. The Kier molecular flexibility index (Phi) is 8.09. The van der Waals surface area contributed by atoms with Crippen LogP contribution >= 0.6 is 0 Å². The fraction of sp³-hybridized carbons (Fsp3) is 0.640. The molecule has 0 atom stereocenters. The van der Waals surface area contributed by atoms with Gasteiger partial charge in [0.15, 0.2) is 0 Å². The number of carbonyl (C=O) groups excluding carboxylic acids is 1. The summed E-state index contributed by atoms with van der Waals surface area (Å²) in [6, 6.07) is 5.58. The number of carbonyl (C=O) groups is 1. The number of alkyl halides is 3. The van der Waals surface area contributed by atoms with Crippen LogP contribution < -0.4 is 5.32 Å². The summed E-state index contributed by atoms with van der Waals surface area (Å²) in [6.45, 7) is 7.84. The lowest BCUT2D eigenvalue weighted by Crippen LogP contribution is -2.43. The van der Waals surface area contributed by atoms with Crippen LogP contribution in [0.4, 0.5) is 18.9 Å². The molecule has 5 nitrogen and oxygen atoms in total. The number of hydrogen-bond acceptors (Lipinski definition) is 4. The first kappa shape index (κ1) is 24.2. The van der Waals surface area contributed by atoms with E-state index in [2.05, 4.69) is 21.2 Å². The Hall–Kier alpha value is -1.90. The minimum atomic E-state index is -4.90. The quantitative estimate of drug-likeness (QED) is 0.664. The predicted octanol–water partition coefficient (Wildman–Crippen LogP) is 4.66. The largest absolute Gasteiger partial charge is 0.471 e. The number of hydrogen-bond donors (Lipinski definition) is 1. The van der Waals surface area contributed by atoms with Crippen LogP contribution in [-0.4, -0.2) is 74.4 Å². The van der Waals surface area contributed by atoms with Crippen LogP contribution in [0.1, 0.15) is 55.6 Å². The zero-order valence-corrected chi connectivity index (χ0v) is 19.1. The van der Waals surface area contributed by atoms with E-state index in [1.165, 1.54) is 0 Å². The van der Waals surface area contributed by atoms with Gasteiger partial charge in [-0.1, -0.05) is 12.1 Å². The van der Waals surface area contributed by atoms with E-state index >= 15 is 0 Å². The predicted molar refractivity (Wildman–Crippen MR) is 123 cm³/mol. The van der Waals surface area contributed by atoms with Gasteiger partial charge >= 0.3 is 12.1 Å². The van der Waals surface area contributed by atoms with Gasteiger partial charge in [-0.25, -0.2) is 0 Å². The first-order valence-electron chi connectivity index (χ1n) is 12.1. The van der Waals surface area contributed by atoms with E-state index in [1.54, 1.807) is 6.07 Å². The van der Waals surface area contributed by atoms with Crippen molar-refractivity contribution in [3.05, 3.63) is 35.4 Å². The molecule has 4 rings (SSSR count). The molecule has 0 bridgehead atoms. The second-order valence-electron chi connectivity index (χ2n) is 9.30. The van der Waals surface area contributed by atoms with Gasteiger partial charge in [0.05, 0.1) is 13.2 Å². The van der Waals surface area contributed by atoms with Crippen LogP contribution in [0, 0.1) is 0 Å². The number of halogens is 3. The lowest BCUT2D eigenvalue weighted by molar-refractivity contribution is -0.167. The molecule has 0 unspecified atom stereocenters. The molecule has 33 heavy (non-hydrogen) atoms. The number of allylic oxidation sites excluding steroid dienone is 2. The number of likely N-dealkylation sites (tertiary alicyclic amines) is 1. The number of amides is 1. The van der Waals surface area contributed by atoms with Crippen LogP contribution in [0.25, 0.3) is 5.57 Å². The van der Waals surface area contributed by atoms with Crippen LogP contribution in [-0.2, 0) is 9.53 Å². The second kappa shape index (κ2) is 11.0. The standard InChI is InChI=1S/C25H34F3N3O2/c26-25(27,28)24(32)29-23-7-6-21(18-22(23)20-4-2-1-3-5-20)19-8-10-30(11-9-19)12-13-31-14-16-33-17-15-31/h4,6-7,18-19H,1-3,5,8-17H2,(H,29,32). The molecule has 8 heteroatoms. The molecule has 0 spiro atoms. The molecular weight excluding hydrogens is 431 g/mol. The Labute approximate surface area is 193 Å². The number of morpholine rings is 1. The number of nitrogens with zero attached hydrogens (tertiary/aromatic N) is 2. The Morgan fingerprint density at radius 3 is 2.36 bits per heavy atom. The Morgan fingerprint density at radius 1 is 1.03 bits per heavy atom. The summed E-state index contributed by atoms with van der Waals surface area (Å²) in [5.74, 6) is -1.53. The van der Waals surface area contributed by atoms with Crippen LogP contribution in [0.5, 0.6) is 0 Å². The molecule has 1 aromatic carbocycles. The second-order valence-corrected chi connectivity index (χ2v) is 9.30. The van der Waals surface area contributed by atoms with Crippen molar-refractivity contribution in [3.63, 3.8) is 0 Å². The Morgan fingerprint density at radius 2 is 1.73 bits per heavy atom. The van der Waals surface area contributed by atoms with E-state index < -0.39 is 12.1 Å². The van der Waals surface area contributed by atoms with Crippen molar-refractivity contribution in [2.75, 3.05) is 57.8 Å². The summed E-state index contributed by atoms with van der Waals surface area (Å²) in [5.41, 5.74) is 3.22. The van der Waals surface area contributed by atoms with E-state index in [1.807, 2.05) is 12.1 Å². The molecule has 2 fully saturated rings. The van der Waals surface area contributed by atoms with Gasteiger partial charge in [0.2, 0.25) is 0 Å². The van der Waals surface area contributed by atoms with Crippen molar-refractivity contribution in [2.45, 2.75) is 50.6 Å². The average Bonchev–Trinajstić information content (AvgIpc) is 2.84. The van der Waals surface area contributed by atoms with Gasteiger partial charge in [-0.15, -0.1) is 0 Å². The summed E-state index contributed by atoms with van der Waals surface area (Å²) >= 11 is 0. The smallest absolute Gasteiger partial charge is 0.379 e. The van der Waals surface area contributed by atoms with Crippen LogP contribution in [0.2, 0.25) is 0 Å². The molecule has 3 aliphatic rings. The first-order valence-corrected chi connectivity index (χ1v) is 12.1. The molecule has 0 radical (unpaired) electrons. The molecule has 1 aliphatic carbocycles. The summed E-state index contributed by atoms with van der Waals surface area (Å²) in [4.78, 5) is 16.6. The lowest BCUT2D eigenvalue weighted by atomic mass is 9.85. The fourth-order valence-electron chi connectivity index (χ4n) is 5.06. The average molecular weight is 466 g/mol. The van der Waals surface area contributed by atoms with Gasteiger partial charge in [-0.05, 0) is 80.8 Å². The van der Waals surface area contributed by atoms with E-state index in [9.17, 15) is 18.0 Å².